The molecule has 2 aromatic carbocycles. The third-order valence-corrected chi connectivity index (χ3v) is 7.77. The highest BCUT2D eigenvalue weighted by Crippen LogP contribution is 2.40. The van der Waals surface area contributed by atoms with Crippen molar-refractivity contribution in [3.63, 3.8) is 0 Å². The Morgan fingerprint density at radius 1 is 0.976 bits per heavy atom. The number of hydrogen-bond acceptors (Lipinski definition) is 7. The molecular weight excluding hydrogens is 526 g/mol. The summed E-state index contributed by atoms with van der Waals surface area (Å²) in [6.45, 7) is 4.90. The van der Waals surface area contributed by atoms with E-state index < -0.39 is 17.4 Å². The van der Waals surface area contributed by atoms with E-state index in [0.29, 0.717) is 35.6 Å². The van der Waals surface area contributed by atoms with E-state index in [1.807, 2.05) is 24.8 Å². The van der Waals surface area contributed by atoms with Crippen LogP contribution in [0, 0.1) is 34.3 Å². The molecule has 0 aliphatic carbocycles. The molecule has 1 aliphatic rings. The summed E-state index contributed by atoms with van der Waals surface area (Å²) in [6, 6.07) is 17.2. The zero-order valence-corrected chi connectivity index (χ0v) is 23.1. The van der Waals surface area contributed by atoms with Gasteiger partial charge in [-0.15, -0.1) is 0 Å². The molecule has 0 saturated carbocycles. The van der Waals surface area contributed by atoms with Gasteiger partial charge in [0, 0.05) is 43.9 Å². The summed E-state index contributed by atoms with van der Waals surface area (Å²) in [5, 5.41) is 19.6. The smallest absolute Gasteiger partial charge is 0.270 e. The van der Waals surface area contributed by atoms with E-state index in [2.05, 4.69) is 16.0 Å². The number of hydrogen-bond donors (Lipinski definition) is 0. The minimum absolute atomic E-state index is 0.0367. The van der Waals surface area contributed by atoms with Gasteiger partial charge in [-0.25, -0.2) is 13.8 Å². The molecule has 0 N–H and O–H groups in total. The Hall–Kier alpha value is -4.80. The molecule has 3 atom stereocenters. The first-order valence-electron chi connectivity index (χ1n) is 13.1. The maximum absolute atomic E-state index is 14.2. The van der Waals surface area contributed by atoms with E-state index in [4.69, 9.17) is 4.74 Å². The molecule has 1 aliphatic heterocycles. The van der Waals surface area contributed by atoms with Crippen molar-refractivity contribution in [1.29, 1.82) is 10.5 Å². The highest BCUT2D eigenvalue weighted by molar-refractivity contribution is 5.92. The van der Waals surface area contributed by atoms with E-state index in [0.717, 1.165) is 11.1 Å². The number of nitrogens with zero attached hydrogens (tertiary/aromatic N) is 6. The van der Waals surface area contributed by atoms with E-state index in [1.165, 1.54) is 35.9 Å². The molecule has 4 aromatic rings. The lowest BCUT2D eigenvalue weighted by Crippen LogP contribution is -2.58. The number of aromatic nitrogens is 2. The summed E-state index contributed by atoms with van der Waals surface area (Å²) < 4.78 is 35.0. The molecule has 1 unspecified atom stereocenters. The van der Waals surface area contributed by atoms with Crippen LogP contribution in [0.3, 0.4) is 0 Å². The molecule has 208 valence electrons. The highest BCUT2D eigenvalue weighted by atomic mass is 19.1. The van der Waals surface area contributed by atoms with Gasteiger partial charge < -0.3 is 14.2 Å². The summed E-state index contributed by atoms with van der Waals surface area (Å²) >= 11 is 0. The lowest BCUT2D eigenvalue weighted by molar-refractivity contribution is 0.128. The van der Waals surface area contributed by atoms with Crippen LogP contribution in [0.25, 0.3) is 11.0 Å². The minimum Gasteiger partial charge on any atom is -0.496 e. The van der Waals surface area contributed by atoms with Crippen LogP contribution in [0.5, 0.6) is 5.75 Å². The van der Waals surface area contributed by atoms with Gasteiger partial charge >= 0.3 is 0 Å². The Balaban J connectivity index is 1.63. The van der Waals surface area contributed by atoms with Crippen molar-refractivity contribution in [3.05, 3.63) is 99.0 Å². The average Bonchev–Trinajstić information content (AvgIpc) is 2.97. The van der Waals surface area contributed by atoms with Gasteiger partial charge in [-0.05, 0) is 49.7 Å². The van der Waals surface area contributed by atoms with Crippen LogP contribution >= 0.6 is 0 Å². The molecule has 41 heavy (non-hydrogen) atoms. The van der Waals surface area contributed by atoms with Crippen molar-refractivity contribution in [2.75, 3.05) is 25.1 Å². The Morgan fingerprint density at radius 3 is 2.34 bits per heavy atom. The fraction of sp³-hybridized carbons (Fsp3) is 0.290. The van der Waals surface area contributed by atoms with Crippen LogP contribution in [0.2, 0.25) is 0 Å². The maximum Gasteiger partial charge on any atom is 0.270 e. The number of fused-ring (bicyclic) bond motifs is 1. The second-order valence-electron chi connectivity index (χ2n) is 10.3. The van der Waals surface area contributed by atoms with E-state index in [-0.39, 0.29) is 29.2 Å². The first-order valence-corrected chi connectivity index (χ1v) is 13.1. The van der Waals surface area contributed by atoms with Crippen molar-refractivity contribution in [2.24, 2.45) is 7.05 Å². The first kappa shape index (κ1) is 27.8. The SMILES string of the molecule is COc1cc(F)ccc1C(c1ccc(F)cc1)N1C[C@H](C)N(c2c(C#N)c(=O)n(C)c3ccc(C#N)nc23)C[C@H]1C. The quantitative estimate of drug-likeness (QED) is 0.354. The topological polar surface area (TPSA) is 98.2 Å². The number of ether oxygens (including phenoxy) is 1. The number of piperazine rings is 1. The average molecular weight is 555 g/mol. The van der Waals surface area contributed by atoms with Crippen LogP contribution in [0.4, 0.5) is 14.5 Å². The number of benzene rings is 2. The number of nitriles is 2. The van der Waals surface area contributed by atoms with Crippen molar-refractivity contribution < 1.29 is 13.5 Å². The number of anilines is 1. The van der Waals surface area contributed by atoms with Crippen molar-refractivity contribution in [2.45, 2.75) is 32.0 Å². The second kappa shape index (κ2) is 11.0. The maximum atomic E-state index is 14.2. The van der Waals surface area contributed by atoms with Crippen LogP contribution in [0.15, 0.2) is 59.4 Å². The van der Waals surface area contributed by atoms with Gasteiger partial charge in [0.1, 0.15) is 46.3 Å². The monoisotopic (exact) mass is 554 g/mol. The molecule has 3 heterocycles. The molecule has 2 aromatic heterocycles. The normalized spacial score (nSPS) is 18.1. The highest BCUT2D eigenvalue weighted by Gasteiger charge is 2.38. The lowest BCUT2D eigenvalue weighted by Gasteiger charge is -2.48. The summed E-state index contributed by atoms with van der Waals surface area (Å²) in [4.78, 5) is 22.0. The summed E-state index contributed by atoms with van der Waals surface area (Å²) in [7, 11) is 3.06. The summed E-state index contributed by atoms with van der Waals surface area (Å²) in [6.07, 6.45) is 0. The first-order chi connectivity index (χ1) is 19.7. The van der Waals surface area contributed by atoms with Gasteiger partial charge in [0.2, 0.25) is 0 Å². The molecule has 0 spiro atoms. The van der Waals surface area contributed by atoms with Crippen LogP contribution in [0.1, 0.15) is 42.3 Å². The zero-order chi connectivity index (χ0) is 29.4. The number of rotatable bonds is 5. The number of methoxy groups -OCH3 is 1. The van der Waals surface area contributed by atoms with Gasteiger partial charge in [0.15, 0.2) is 0 Å². The molecule has 0 amide bonds. The van der Waals surface area contributed by atoms with Gasteiger partial charge in [-0.1, -0.05) is 18.2 Å². The predicted octanol–water partition coefficient (Wildman–Crippen LogP) is 4.65. The van der Waals surface area contributed by atoms with Gasteiger partial charge in [0.25, 0.3) is 5.56 Å². The van der Waals surface area contributed by atoms with Crippen molar-refractivity contribution in [1.82, 2.24) is 14.5 Å². The molecule has 0 radical (unpaired) electrons. The number of aryl methyl sites for hydroxylation is 1. The third-order valence-electron chi connectivity index (χ3n) is 7.77. The van der Waals surface area contributed by atoms with E-state index >= 15 is 0 Å². The van der Waals surface area contributed by atoms with E-state index in [1.54, 1.807) is 37.4 Å². The summed E-state index contributed by atoms with van der Waals surface area (Å²) in [5.74, 6) is -0.421. The van der Waals surface area contributed by atoms with Gasteiger partial charge in [0.05, 0.1) is 24.4 Å². The molecule has 0 bridgehead atoms. The predicted molar refractivity (Wildman–Crippen MR) is 151 cm³/mol. The number of pyridine rings is 2. The van der Waals surface area contributed by atoms with Crippen molar-refractivity contribution >= 4 is 16.7 Å². The van der Waals surface area contributed by atoms with Crippen LogP contribution < -0.4 is 15.2 Å². The van der Waals surface area contributed by atoms with Gasteiger partial charge in [-0.2, -0.15) is 10.5 Å². The van der Waals surface area contributed by atoms with Gasteiger partial charge in [-0.3, -0.25) is 9.69 Å². The Morgan fingerprint density at radius 2 is 1.68 bits per heavy atom. The second-order valence-corrected chi connectivity index (χ2v) is 10.3. The zero-order valence-electron chi connectivity index (χ0n) is 23.1. The fourth-order valence-electron chi connectivity index (χ4n) is 5.77. The minimum atomic E-state index is -0.441. The lowest BCUT2D eigenvalue weighted by atomic mass is 9.92. The Labute approximate surface area is 236 Å². The fourth-order valence-corrected chi connectivity index (χ4v) is 5.77. The Bertz CT molecular complexity index is 1770. The molecular formula is C31H28F2N6O2. The van der Waals surface area contributed by atoms with Crippen LogP contribution in [-0.2, 0) is 7.05 Å². The Kier molecular flexibility index (Phi) is 7.44. The summed E-state index contributed by atoms with van der Waals surface area (Å²) in [5.41, 5.74) is 2.57. The van der Waals surface area contributed by atoms with E-state index in [9.17, 15) is 24.1 Å². The molecule has 1 saturated heterocycles. The molecule has 10 heteroatoms. The van der Waals surface area contributed by atoms with Crippen molar-refractivity contribution in [3.8, 4) is 17.9 Å². The molecule has 8 nitrogen and oxygen atoms in total. The number of halogens is 2. The largest absolute Gasteiger partial charge is 0.496 e. The standard InChI is InChI=1S/C31H28F2N6O2/c1-18-17-39(30-25(15-35)31(40)37(3)26-12-10-23(14-34)36-28(26)30)19(2)16-38(18)29(20-5-7-21(32)8-6-20)24-11-9-22(33)13-27(24)41-4/h5-13,18-19,29H,16-17H2,1-4H3/t18-,19+,29?/m1/s1. The third kappa shape index (κ3) is 4.88. The van der Waals surface area contributed by atoms with Crippen LogP contribution in [-0.4, -0.2) is 46.7 Å². The molecule has 5 rings (SSSR count). The molecule has 1 fully saturated rings.